The molecule has 0 bridgehead atoms. The maximum absolute atomic E-state index is 12.5. The molecule has 0 aliphatic carbocycles. The average Bonchev–Trinajstić information content (AvgIpc) is 2.70. The van der Waals surface area contributed by atoms with Crippen molar-refractivity contribution < 1.29 is 24.3 Å². The van der Waals surface area contributed by atoms with Crippen LogP contribution >= 0.6 is 23.5 Å². The second-order valence-corrected chi connectivity index (χ2v) is 8.68. The first-order chi connectivity index (χ1) is 13.7. The van der Waals surface area contributed by atoms with Crippen molar-refractivity contribution in [2.24, 2.45) is 11.7 Å². The molecule has 0 saturated heterocycles. The van der Waals surface area contributed by atoms with Crippen molar-refractivity contribution in [1.29, 1.82) is 0 Å². The Bertz CT molecular complexity index is 550. The Balaban J connectivity index is 4.78. The zero-order chi connectivity index (χ0) is 22.4. The fourth-order valence-electron chi connectivity index (χ4n) is 2.31. The minimum Gasteiger partial charge on any atom is -0.480 e. The second-order valence-electron chi connectivity index (χ2n) is 6.71. The predicted molar refractivity (Wildman–Crippen MR) is 118 cm³/mol. The molecule has 11 heteroatoms. The molecular weight excluding hydrogens is 416 g/mol. The molecule has 0 radical (unpaired) electrons. The molecule has 0 saturated carbocycles. The van der Waals surface area contributed by atoms with Crippen LogP contribution in [0.1, 0.15) is 33.1 Å². The minimum absolute atomic E-state index is 0.0284. The second kappa shape index (κ2) is 15.4. The van der Waals surface area contributed by atoms with E-state index < -0.39 is 41.8 Å². The number of amides is 3. The van der Waals surface area contributed by atoms with E-state index in [-0.39, 0.29) is 18.9 Å². The summed E-state index contributed by atoms with van der Waals surface area (Å²) in [6, 6.07) is -2.54. The van der Waals surface area contributed by atoms with Crippen molar-refractivity contribution in [3.05, 3.63) is 0 Å². The zero-order valence-electron chi connectivity index (χ0n) is 17.5. The SMILES string of the molecule is CCC(C)C(N)C(=O)NC(CCSC)C(=O)NCC(=O)NC(CCSC)C(=O)O. The molecule has 6 N–H and O–H groups in total. The van der Waals surface area contributed by atoms with Crippen LogP contribution in [0, 0.1) is 5.92 Å². The maximum Gasteiger partial charge on any atom is 0.326 e. The minimum atomic E-state index is -1.12. The number of hydrogen-bond donors (Lipinski definition) is 5. The van der Waals surface area contributed by atoms with E-state index in [1.807, 2.05) is 26.4 Å². The topological polar surface area (TPSA) is 151 Å². The molecule has 0 heterocycles. The average molecular weight is 451 g/mol. The third-order valence-corrected chi connectivity index (χ3v) is 5.76. The molecule has 0 fully saturated rings. The highest BCUT2D eigenvalue weighted by molar-refractivity contribution is 7.98. The molecule has 0 aromatic carbocycles. The molecule has 0 spiro atoms. The van der Waals surface area contributed by atoms with E-state index in [0.717, 1.165) is 6.42 Å². The van der Waals surface area contributed by atoms with Crippen LogP contribution in [-0.4, -0.2) is 77.5 Å². The fraction of sp³-hybridized carbons (Fsp3) is 0.778. The van der Waals surface area contributed by atoms with Crippen LogP contribution < -0.4 is 21.7 Å². The van der Waals surface area contributed by atoms with Gasteiger partial charge in [-0.05, 0) is 42.8 Å². The van der Waals surface area contributed by atoms with E-state index in [9.17, 15) is 19.2 Å². The summed E-state index contributed by atoms with van der Waals surface area (Å²) in [4.78, 5) is 48.0. The summed E-state index contributed by atoms with van der Waals surface area (Å²) in [6.45, 7) is 3.42. The van der Waals surface area contributed by atoms with Gasteiger partial charge in [-0.2, -0.15) is 23.5 Å². The summed E-state index contributed by atoms with van der Waals surface area (Å²) in [5.74, 6) is -1.44. The Labute approximate surface area is 181 Å². The monoisotopic (exact) mass is 450 g/mol. The lowest BCUT2D eigenvalue weighted by atomic mass is 9.99. The zero-order valence-corrected chi connectivity index (χ0v) is 19.2. The van der Waals surface area contributed by atoms with Gasteiger partial charge in [-0.3, -0.25) is 14.4 Å². The van der Waals surface area contributed by atoms with Crippen molar-refractivity contribution in [2.45, 2.75) is 51.2 Å². The lowest BCUT2D eigenvalue weighted by Crippen LogP contribution is -2.54. The molecule has 0 aliphatic heterocycles. The van der Waals surface area contributed by atoms with Crippen molar-refractivity contribution >= 4 is 47.2 Å². The highest BCUT2D eigenvalue weighted by Crippen LogP contribution is 2.07. The molecule has 168 valence electrons. The molecule has 9 nitrogen and oxygen atoms in total. The van der Waals surface area contributed by atoms with Gasteiger partial charge in [-0.1, -0.05) is 20.3 Å². The van der Waals surface area contributed by atoms with E-state index in [1.54, 1.807) is 0 Å². The third-order valence-electron chi connectivity index (χ3n) is 4.47. The summed E-state index contributed by atoms with van der Waals surface area (Å²) in [7, 11) is 0. The molecule has 0 aromatic heterocycles. The molecule has 0 rings (SSSR count). The largest absolute Gasteiger partial charge is 0.480 e. The number of nitrogens with one attached hydrogen (secondary N) is 3. The van der Waals surface area contributed by atoms with E-state index in [0.29, 0.717) is 17.9 Å². The number of carbonyl (C=O) groups excluding carboxylic acids is 3. The number of rotatable bonds is 15. The molecule has 3 amide bonds. The van der Waals surface area contributed by atoms with E-state index in [2.05, 4.69) is 16.0 Å². The van der Waals surface area contributed by atoms with Crippen LogP contribution in [0.15, 0.2) is 0 Å². The Morgan fingerprint density at radius 2 is 1.52 bits per heavy atom. The molecule has 0 aromatic rings. The molecule has 29 heavy (non-hydrogen) atoms. The van der Waals surface area contributed by atoms with E-state index in [4.69, 9.17) is 10.8 Å². The van der Waals surface area contributed by atoms with Gasteiger partial charge in [-0.25, -0.2) is 4.79 Å². The van der Waals surface area contributed by atoms with Gasteiger partial charge in [0, 0.05) is 0 Å². The summed E-state index contributed by atoms with van der Waals surface area (Å²) in [6.07, 6.45) is 5.14. The van der Waals surface area contributed by atoms with Crippen LogP contribution in [0.25, 0.3) is 0 Å². The predicted octanol–water partition coefficient (Wildman–Crippen LogP) is 0.0364. The smallest absolute Gasteiger partial charge is 0.326 e. The highest BCUT2D eigenvalue weighted by Gasteiger charge is 2.26. The van der Waals surface area contributed by atoms with Crippen molar-refractivity contribution in [1.82, 2.24) is 16.0 Å². The number of carbonyl (C=O) groups is 4. The van der Waals surface area contributed by atoms with E-state index >= 15 is 0 Å². The summed E-state index contributed by atoms with van der Waals surface area (Å²) in [5.41, 5.74) is 5.92. The third kappa shape index (κ3) is 11.3. The van der Waals surface area contributed by atoms with Crippen LogP contribution in [0.2, 0.25) is 0 Å². The lowest BCUT2D eigenvalue weighted by molar-refractivity contribution is -0.141. The first-order valence-electron chi connectivity index (χ1n) is 9.51. The van der Waals surface area contributed by atoms with Crippen LogP contribution in [0.5, 0.6) is 0 Å². The summed E-state index contributed by atoms with van der Waals surface area (Å²) in [5, 5.41) is 16.7. The normalized spacial score (nSPS) is 14.9. The fourth-order valence-corrected chi connectivity index (χ4v) is 3.26. The van der Waals surface area contributed by atoms with Crippen molar-refractivity contribution in [3.63, 3.8) is 0 Å². The van der Waals surface area contributed by atoms with Gasteiger partial charge in [0.15, 0.2) is 0 Å². The van der Waals surface area contributed by atoms with Gasteiger partial charge in [0.25, 0.3) is 0 Å². The van der Waals surface area contributed by atoms with Gasteiger partial charge < -0.3 is 26.8 Å². The van der Waals surface area contributed by atoms with Gasteiger partial charge in [0.1, 0.15) is 12.1 Å². The lowest BCUT2D eigenvalue weighted by Gasteiger charge is -2.23. The van der Waals surface area contributed by atoms with Crippen LogP contribution in [0.4, 0.5) is 0 Å². The van der Waals surface area contributed by atoms with Gasteiger partial charge >= 0.3 is 5.97 Å². The molecule has 4 atom stereocenters. The Hall–Kier alpha value is -1.46. The summed E-state index contributed by atoms with van der Waals surface area (Å²) >= 11 is 3.01. The quantitative estimate of drug-likeness (QED) is 0.235. The number of hydrogen-bond acceptors (Lipinski definition) is 7. The van der Waals surface area contributed by atoms with Gasteiger partial charge in [0.05, 0.1) is 12.6 Å². The number of carboxylic acids is 1. The standard InChI is InChI=1S/C18H34N4O5S2/c1-5-11(2)15(19)17(25)22-12(6-8-28-3)16(24)20-10-14(23)21-13(18(26)27)7-9-29-4/h11-13,15H,5-10,19H2,1-4H3,(H,20,24)(H,21,23)(H,22,25)(H,26,27). The van der Waals surface area contributed by atoms with Crippen LogP contribution in [-0.2, 0) is 19.2 Å². The van der Waals surface area contributed by atoms with Gasteiger partial charge in [-0.15, -0.1) is 0 Å². The molecule has 4 unspecified atom stereocenters. The van der Waals surface area contributed by atoms with Crippen molar-refractivity contribution in [2.75, 3.05) is 30.6 Å². The summed E-state index contributed by atoms with van der Waals surface area (Å²) < 4.78 is 0. The van der Waals surface area contributed by atoms with Crippen LogP contribution in [0.3, 0.4) is 0 Å². The number of aliphatic carboxylic acids is 1. The Morgan fingerprint density at radius 1 is 0.966 bits per heavy atom. The number of thioether (sulfide) groups is 2. The van der Waals surface area contributed by atoms with E-state index in [1.165, 1.54) is 23.5 Å². The Morgan fingerprint density at radius 3 is 2.00 bits per heavy atom. The first kappa shape index (κ1) is 27.5. The first-order valence-corrected chi connectivity index (χ1v) is 12.3. The maximum atomic E-state index is 12.5. The Kier molecular flexibility index (Phi) is 14.6. The molecule has 0 aliphatic rings. The van der Waals surface area contributed by atoms with Crippen molar-refractivity contribution in [3.8, 4) is 0 Å². The highest BCUT2D eigenvalue weighted by atomic mass is 32.2. The number of nitrogens with two attached hydrogens (primary N) is 1. The number of carboxylic acid groups (broad SMARTS) is 1. The van der Waals surface area contributed by atoms with Gasteiger partial charge in [0.2, 0.25) is 17.7 Å². The molecular formula is C18H34N4O5S2.